The SMILES string of the molecule is O=C(NCC1=CCNCC1)C1CNNC1c1ccccc1Cl. The van der Waals surface area contributed by atoms with E-state index < -0.39 is 0 Å². The van der Waals surface area contributed by atoms with Gasteiger partial charge in [0.25, 0.3) is 0 Å². The van der Waals surface area contributed by atoms with Crippen LogP contribution in [0.1, 0.15) is 18.0 Å². The highest BCUT2D eigenvalue weighted by Gasteiger charge is 2.34. The van der Waals surface area contributed by atoms with Gasteiger partial charge in [-0.3, -0.25) is 10.2 Å². The number of hydrazine groups is 1. The Kier molecular flexibility index (Phi) is 5.10. The van der Waals surface area contributed by atoms with Gasteiger partial charge >= 0.3 is 0 Å². The molecule has 0 spiro atoms. The highest BCUT2D eigenvalue weighted by atomic mass is 35.5. The Morgan fingerprint density at radius 3 is 3.00 bits per heavy atom. The first-order chi connectivity index (χ1) is 10.8. The smallest absolute Gasteiger partial charge is 0.226 e. The lowest BCUT2D eigenvalue weighted by molar-refractivity contribution is -0.124. The molecule has 4 N–H and O–H groups in total. The van der Waals surface area contributed by atoms with Crippen LogP contribution in [0.3, 0.4) is 0 Å². The van der Waals surface area contributed by atoms with Gasteiger partial charge in [0.2, 0.25) is 5.91 Å². The molecule has 2 heterocycles. The fourth-order valence-corrected chi connectivity index (χ4v) is 3.18. The predicted octanol–water partition coefficient (Wildman–Crippen LogP) is 1.14. The second-order valence-electron chi connectivity index (χ2n) is 5.67. The molecule has 0 radical (unpaired) electrons. The van der Waals surface area contributed by atoms with Crippen molar-refractivity contribution >= 4 is 17.5 Å². The molecule has 0 saturated carbocycles. The quantitative estimate of drug-likeness (QED) is 0.628. The summed E-state index contributed by atoms with van der Waals surface area (Å²) < 4.78 is 0. The molecule has 1 saturated heterocycles. The Labute approximate surface area is 135 Å². The van der Waals surface area contributed by atoms with Gasteiger partial charge in [-0.1, -0.05) is 41.4 Å². The van der Waals surface area contributed by atoms with Gasteiger partial charge in [0.1, 0.15) is 0 Å². The van der Waals surface area contributed by atoms with E-state index in [4.69, 9.17) is 11.6 Å². The van der Waals surface area contributed by atoms with E-state index in [9.17, 15) is 4.79 Å². The Balaban J connectivity index is 1.64. The van der Waals surface area contributed by atoms with Crippen LogP contribution in [0, 0.1) is 5.92 Å². The summed E-state index contributed by atoms with van der Waals surface area (Å²) in [4.78, 5) is 12.5. The standard InChI is InChI=1S/C16H21ClN4O/c17-14-4-2-1-3-12(14)15-13(10-20-21-15)16(22)19-9-11-5-7-18-8-6-11/h1-5,13,15,18,20-21H,6-10H2,(H,19,22). The minimum atomic E-state index is -0.165. The van der Waals surface area contributed by atoms with Crippen molar-refractivity contribution in [3.8, 4) is 0 Å². The van der Waals surface area contributed by atoms with Gasteiger partial charge in [-0.2, -0.15) is 0 Å². The van der Waals surface area contributed by atoms with E-state index in [-0.39, 0.29) is 17.9 Å². The molecule has 1 amide bonds. The number of halogens is 1. The first kappa shape index (κ1) is 15.5. The van der Waals surface area contributed by atoms with Crippen molar-refractivity contribution < 1.29 is 4.79 Å². The Hall–Kier alpha value is -1.40. The fourth-order valence-electron chi connectivity index (χ4n) is 2.93. The summed E-state index contributed by atoms with van der Waals surface area (Å²) in [6.45, 7) is 3.10. The van der Waals surface area contributed by atoms with E-state index >= 15 is 0 Å². The molecular weight excluding hydrogens is 300 g/mol. The van der Waals surface area contributed by atoms with Crippen LogP contribution in [0.15, 0.2) is 35.9 Å². The molecule has 3 rings (SSSR count). The molecule has 118 valence electrons. The van der Waals surface area contributed by atoms with Gasteiger partial charge in [-0.15, -0.1) is 0 Å². The molecular formula is C16H21ClN4O. The van der Waals surface area contributed by atoms with Crippen LogP contribution < -0.4 is 21.5 Å². The summed E-state index contributed by atoms with van der Waals surface area (Å²) in [5, 5.41) is 7.01. The third-order valence-corrected chi connectivity index (χ3v) is 4.55. The lowest BCUT2D eigenvalue weighted by Gasteiger charge is -2.20. The molecule has 0 aliphatic carbocycles. The van der Waals surface area contributed by atoms with Crippen molar-refractivity contribution in [2.45, 2.75) is 12.5 Å². The van der Waals surface area contributed by atoms with E-state index in [1.807, 2.05) is 24.3 Å². The van der Waals surface area contributed by atoms with E-state index in [0.717, 1.165) is 25.1 Å². The number of nitrogens with one attached hydrogen (secondary N) is 4. The maximum absolute atomic E-state index is 12.5. The summed E-state index contributed by atoms with van der Waals surface area (Å²) >= 11 is 6.26. The molecule has 2 aliphatic rings. The van der Waals surface area contributed by atoms with Crippen molar-refractivity contribution in [1.82, 2.24) is 21.5 Å². The zero-order chi connectivity index (χ0) is 15.4. The van der Waals surface area contributed by atoms with Crippen LogP contribution in [0.4, 0.5) is 0 Å². The van der Waals surface area contributed by atoms with Gasteiger partial charge in [0.05, 0.1) is 12.0 Å². The highest BCUT2D eigenvalue weighted by molar-refractivity contribution is 6.31. The first-order valence-corrected chi connectivity index (χ1v) is 8.02. The lowest BCUT2D eigenvalue weighted by atomic mass is 9.94. The zero-order valence-electron chi connectivity index (χ0n) is 12.4. The highest BCUT2D eigenvalue weighted by Crippen LogP contribution is 2.30. The minimum absolute atomic E-state index is 0.0573. The second kappa shape index (κ2) is 7.24. The van der Waals surface area contributed by atoms with Crippen LogP contribution in [0.25, 0.3) is 0 Å². The zero-order valence-corrected chi connectivity index (χ0v) is 13.1. The number of benzene rings is 1. The molecule has 1 fully saturated rings. The van der Waals surface area contributed by atoms with E-state index in [0.29, 0.717) is 18.1 Å². The normalized spacial score (nSPS) is 24.9. The molecule has 2 unspecified atom stereocenters. The van der Waals surface area contributed by atoms with Gasteiger partial charge in [0.15, 0.2) is 0 Å². The Morgan fingerprint density at radius 1 is 1.36 bits per heavy atom. The summed E-state index contributed by atoms with van der Waals surface area (Å²) in [6, 6.07) is 7.55. The molecule has 1 aromatic carbocycles. The molecule has 0 aromatic heterocycles. The van der Waals surface area contributed by atoms with Gasteiger partial charge in [-0.25, -0.2) is 5.43 Å². The van der Waals surface area contributed by atoms with Crippen molar-refractivity contribution in [1.29, 1.82) is 0 Å². The number of carbonyl (C=O) groups is 1. The third-order valence-electron chi connectivity index (χ3n) is 4.21. The predicted molar refractivity (Wildman–Crippen MR) is 87.4 cm³/mol. The fraction of sp³-hybridized carbons (Fsp3) is 0.438. The molecule has 5 nitrogen and oxygen atoms in total. The number of amides is 1. The minimum Gasteiger partial charge on any atom is -0.352 e. The molecule has 6 heteroatoms. The van der Waals surface area contributed by atoms with Crippen LogP contribution >= 0.6 is 11.6 Å². The average molecular weight is 321 g/mol. The van der Waals surface area contributed by atoms with Crippen LogP contribution in [-0.2, 0) is 4.79 Å². The lowest BCUT2D eigenvalue weighted by Crippen LogP contribution is -2.37. The number of carbonyl (C=O) groups excluding carboxylic acids is 1. The van der Waals surface area contributed by atoms with Crippen molar-refractivity contribution in [3.05, 3.63) is 46.5 Å². The monoisotopic (exact) mass is 320 g/mol. The summed E-state index contributed by atoms with van der Waals surface area (Å²) in [6.07, 6.45) is 3.15. The Bertz CT molecular complexity index is 575. The maximum atomic E-state index is 12.5. The molecule has 2 aliphatic heterocycles. The van der Waals surface area contributed by atoms with Crippen molar-refractivity contribution in [2.24, 2.45) is 5.92 Å². The first-order valence-electron chi connectivity index (χ1n) is 7.65. The molecule has 2 atom stereocenters. The topological polar surface area (TPSA) is 65.2 Å². The van der Waals surface area contributed by atoms with Gasteiger partial charge in [-0.05, 0) is 24.6 Å². The van der Waals surface area contributed by atoms with Crippen LogP contribution in [0.2, 0.25) is 5.02 Å². The summed E-state index contributed by atoms with van der Waals surface area (Å²) in [5.41, 5.74) is 8.48. The summed E-state index contributed by atoms with van der Waals surface area (Å²) in [5.74, 6) is -0.107. The van der Waals surface area contributed by atoms with E-state index in [2.05, 4.69) is 27.6 Å². The van der Waals surface area contributed by atoms with E-state index in [1.165, 1.54) is 5.57 Å². The Morgan fingerprint density at radius 2 is 2.23 bits per heavy atom. The molecule has 0 bridgehead atoms. The molecule has 22 heavy (non-hydrogen) atoms. The van der Waals surface area contributed by atoms with E-state index in [1.54, 1.807) is 0 Å². The average Bonchev–Trinajstić information content (AvgIpc) is 3.03. The largest absolute Gasteiger partial charge is 0.352 e. The van der Waals surface area contributed by atoms with Crippen molar-refractivity contribution in [3.63, 3.8) is 0 Å². The van der Waals surface area contributed by atoms with Crippen molar-refractivity contribution in [2.75, 3.05) is 26.2 Å². The van der Waals surface area contributed by atoms with Gasteiger partial charge < -0.3 is 10.6 Å². The number of hydrogen-bond donors (Lipinski definition) is 4. The number of rotatable bonds is 4. The third kappa shape index (κ3) is 3.50. The molecule has 1 aromatic rings. The second-order valence-corrected chi connectivity index (χ2v) is 6.07. The number of hydrogen-bond acceptors (Lipinski definition) is 4. The van der Waals surface area contributed by atoms with Crippen LogP contribution in [0.5, 0.6) is 0 Å². The van der Waals surface area contributed by atoms with Gasteiger partial charge in [0, 0.05) is 24.7 Å². The maximum Gasteiger partial charge on any atom is 0.226 e. The summed E-state index contributed by atoms with van der Waals surface area (Å²) in [7, 11) is 0. The van der Waals surface area contributed by atoms with Crippen LogP contribution in [-0.4, -0.2) is 32.1 Å².